The maximum Gasteiger partial charge on any atom is 0.511 e. The molecule has 0 aliphatic heterocycles. The van der Waals surface area contributed by atoms with Crippen molar-refractivity contribution in [3.05, 3.63) is 23.7 Å². The van der Waals surface area contributed by atoms with E-state index >= 15 is 0 Å². The molecule has 2 N–H and O–H groups in total. The monoisotopic (exact) mass is 200 g/mol. The van der Waals surface area contributed by atoms with Crippen molar-refractivity contribution in [2.75, 3.05) is 0 Å². The van der Waals surface area contributed by atoms with Crippen LogP contribution in [0.1, 0.15) is 12.8 Å². The molecular weight excluding hydrogens is 192 g/mol. The zero-order valence-corrected chi connectivity index (χ0v) is 7.10. The molecule has 0 saturated heterocycles. The van der Waals surface area contributed by atoms with Crippen molar-refractivity contribution in [1.82, 2.24) is 0 Å². The number of rotatable bonds is 2. The molecule has 1 aliphatic rings. The second-order valence-electron chi connectivity index (χ2n) is 2.46. The van der Waals surface area contributed by atoms with Crippen molar-refractivity contribution >= 4 is 12.3 Å². The molecule has 0 spiro atoms. The molecule has 0 unspecified atom stereocenters. The Morgan fingerprint density at radius 1 is 1.00 bits per heavy atom. The molecule has 0 aromatic carbocycles. The first-order valence-corrected chi connectivity index (χ1v) is 3.78. The molecule has 0 aromatic rings. The molecule has 1 aliphatic carbocycles. The Labute approximate surface area is 79.0 Å². The summed E-state index contributed by atoms with van der Waals surface area (Å²) >= 11 is 0. The number of carboxylic acid groups (broad SMARTS) is 2. The van der Waals surface area contributed by atoms with Gasteiger partial charge in [0.1, 0.15) is 0 Å². The molecule has 0 saturated carbocycles. The summed E-state index contributed by atoms with van der Waals surface area (Å²) < 4.78 is 8.72. The second-order valence-corrected chi connectivity index (χ2v) is 2.46. The van der Waals surface area contributed by atoms with Crippen LogP contribution in [0.25, 0.3) is 0 Å². The summed E-state index contributed by atoms with van der Waals surface area (Å²) in [5.41, 5.74) is 0. The van der Waals surface area contributed by atoms with E-state index in [0.29, 0.717) is 0 Å². The van der Waals surface area contributed by atoms with E-state index < -0.39 is 12.3 Å². The van der Waals surface area contributed by atoms with Crippen LogP contribution in [-0.2, 0) is 9.47 Å². The lowest BCUT2D eigenvalue weighted by Gasteiger charge is -2.12. The van der Waals surface area contributed by atoms with Gasteiger partial charge in [-0.25, -0.2) is 9.59 Å². The minimum absolute atomic E-state index is 0.0161. The summed E-state index contributed by atoms with van der Waals surface area (Å²) in [5, 5.41) is 16.7. The van der Waals surface area contributed by atoms with Gasteiger partial charge in [0.25, 0.3) is 0 Å². The number of hydrogen-bond donors (Lipinski definition) is 2. The van der Waals surface area contributed by atoms with Gasteiger partial charge in [-0.1, -0.05) is 12.2 Å². The van der Waals surface area contributed by atoms with E-state index in [9.17, 15) is 9.59 Å². The fraction of sp³-hybridized carbons (Fsp3) is 0.250. The summed E-state index contributed by atoms with van der Waals surface area (Å²) in [6.07, 6.45) is 0.813. The first kappa shape index (κ1) is 10.1. The molecule has 0 bridgehead atoms. The Hall–Kier alpha value is -1.98. The third-order valence-electron chi connectivity index (χ3n) is 1.51. The van der Waals surface area contributed by atoms with Gasteiger partial charge in [0.05, 0.1) is 0 Å². The number of ether oxygens (including phenoxy) is 2. The van der Waals surface area contributed by atoms with E-state index in [1.165, 1.54) is 0 Å². The van der Waals surface area contributed by atoms with Crippen LogP contribution in [0, 0.1) is 0 Å². The molecule has 0 heterocycles. The van der Waals surface area contributed by atoms with Crippen molar-refractivity contribution in [2.45, 2.75) is 12.8 Å². The first-order chi connectivity index (χ1) is 6.59. The summed E-state index contributed by atoms with van der Waals surface area (Å²) in [6.45, 7) is 0. The molecule has 0 fully saturated rings. The third-order valence-corrected chi connectivity index (χ3v) is 1.51. The number of allylic oxidation sites excluding steroid dienone is 2. The molecular formula is C8H8O6. The Kier molecular flexibility index (Phi) is 3.11. The van der Waals surface area contributed by atoms with E-state index in [-0.39, 0.29) is 24.4 Å². The molecule has 0 aromatic heterocycles. The first-order valence-electron chi connectivity index (χ1n) is 3.78. The molecule has 1 rings (SSSR count). The van der Waals surface area contributed by atoms with Crippen LogP contribution >= 0.6 is 0 Å². The highest BCUT2D eigenvalue weighted by Gasteiger charge is 2.17. The molecule has 6 nitrogen and oxygen atoms in total. The molecule has 0 radical (unpaired) electrons. The van der Waals surface area contributed by atoms with Gasteiger partial charge in [0.15, 0.2) is 11.5 Å². The second kappa shape index (κ2) is 4.31. The van der Waals surface area contributed by atoms with Gasteiger partial charge in [-0.05, 0) is 0 Å². The van der Waals surface area contributed by atoms with E-state index in [4.69, 9.17) is 10.2 Å². The predicted molar refractivity (Wildman–Crippen MR) is 43.6 cm³/mol. The van der Waals surface area contributed by atoms with Crippen LogP contribution in [0.4, 0.5) is 9.59 Å². The van der Waals surface area contributed by atoms with Gasteiger partial charge in [-0.3, -0.25) is 0 Å². The largest absolute Gasteiger partial charge is 0.511 e. The van der Waals surface area contributed by atoms with Gasteiger partial charge in [-0.2, -0.15) is 0 Å². The quantitative estimate of drug-likeness (QED) is 0.522. The van der Waals surface area contributed by atoms with Crippen LogP contribution in [0.15, 0.2) is 23.7 Å². The van der Waals surface area contributed by atoms with Crippen LogP contribution < -0.4 is 0 Å². The van der Waals surface area contributed by atoms with E-state index in [2.05, 4.69) is 9.47 Å². The van der Waals surface area contributed by atoms with Crippen molar-refractivity contribution in [1.29, 1.82) is 0 Å². The molecule has 6 heteroatoms. The minimum Gasteiger partial charge on any atom is -0.449 e. The normalized spacial score (nSPS) is 15.1. The smallest absolute Gasteiger partial charge is 0.449 e. The zero-order valence-electron chi connectivity index (χ0n) is 7.10. The van der Waals surface area contributed by atoms with Crippen molar-refractivity contribution in [3.63, 3.8) is 0 Å². The lowest BCUT2D eigenvalue weighted by molar-refractivity contribution is 0.0942. The topological polar surface area (TPSA) is 93.1 Å². The lowest BCUT2D eigenvalue weighted by Crippen LogP contribution is -2.09. The van der Waals surface area contributed by atoms with Crippen molar-refractivity contribution < 1.29 is 29.3 Å². The molecule has 0 atom stereocenters. The fourth-order valence-electron chi connectivity index (χ4n) is 1.02. The van der Waals surface area contributed by atoms with Crippen molar-refractivity contribution in [2.24, 2.45) is 0 Å². The van der Waals surface area contributed by atoms with Gasteiger partial charge >= 0.3 is 12.3 Å². The van der Waals surface area contributed by atoms with Crippen LogP contribution in [0.3, 0.4) is 0 Å². The average Bonchev–Trinajstić information content (AvgIpc) is 2.06. The molecule has 0 amide bonds. The van der Waals surface area contributed by atoms with Crippen LogP contribution in [0.2, 0.25) is 0 Å². The number of hydrogen-bond acceptors (Lipinski definition) is 4. The standard InChI is InChI=1S/C8H8O6/c9-7(10)13-5-3-1-2-4-6(5)14-8(11)12/h1-2H,3-4H2,(H,9,10)(H,11,12). The Morgan fingerprint density at radius 2 is 1.36 bits per heavy atom. The van der Waals surface area contributed by atoms with E-state index in [0.717, 1.165) is 0 Å². The highest BCUT2D eigenvalue weighted by atomic mass is 16.7. The Bertz CT molecular complexity index is 284. The van der Waals surface area contributed by atoms with E-state index in [1.54, 1.807) is 12.2 Å². The van der Waals surface area contributed by atoms with Crippen molar-refractivity contribution in [3.8, 4) is 0 Å². The van der Waals surface area contributed by atoms with Gasteiger partial charge in [0, 0.05) is 12.8 Å². The average molecular weight is 200 g/mol. The lowest BCUT2D eigenvalue weighted by atomic mass is 10.1. The van der Waals surface area contributed by atoms with Gasteiger partial charge in [-0.15, -0.1) is 0 Å². The van der Waals surface area contributed by atoms with Gasteiger partial charge < -0.3 is 19.7 Å². The molecule has 76 valence electrons. The minimum atomic E-state index is -1.48. The zero-order chi connectivity index (χ0) is 10.6. The maximum atomic E-state index is 10.2. The highest BCUT2D eigenvalue weighted by molar-refractivity contribution is 5.61. The predicted octanol–water partition coefficient (Wildman–Crippen LogP) is 1.94. The van der Waals surface area contributed by atoms with Crippen LogP contribution in [0.5, 0.6) is 0 Å². The SMILES string of the molecule is O=C(O)OC1=C(OC(=O)O)CC=CC1. The summed E-state index contributed by atoms with van der Waals surface area (Å²) in [5.74, 6) is 0.0322. The summed E-state index contributed by atoms with van der Waals surface area (Å²) in [6, 6.07) is 0. The van der Waals surface area contributed by atoms with Gasteiger partial charge in [0.2, 0.25) is 0 Å². The third kappa shape index (κ3) is 2.81. The van der Waals surface area contributed by atoms with E-state index in [1.807, 2.05) is 0 Å². The Morgan fingerprint density at radius 3 is 1.64 bits per heavy atom. The fourth-order valence-corrected chi connectivity index (χ4v) is 1.02. The highest BCUT2D eigenvalue weighted by Crippen LogP contribution is 2.21. The summed E-state index contributed by atoms with van der Waals surface area (Å²) in [7, 11) is 0. The number of carbonyl (C=O) groups is 2. The Balaban J connectivity index is 2.75. The summed E-state index contributed by atoms with van der Waals surface area (Å²) in [4.78, 5) is 20.4. The van der Waals surface area contributed by atoms with Crippen LogP contribution in [-0.4, -0.2) is 22.5 Å². The molecule has 14 heavy (non-hydrogen) atoms. The maximum absolute atomic E-state index is 10.2.